The predicted molar refractivity (Wildman–Crippen MR) is 137 cm³/mol. The van der Waals surface area contributed by atoms with Crippen LogP contribution in [0.3, 0.4) is 0 Å². The molecular formula is C29H29BO2. The van der Waals surface area contributed by atoms with Crippen LogP contribution >= 0.6 is 0 Å². The van der Waals surface area contributed by atoms with Crippen molar-refractivity contribution in [2.45, 2.75) is 58.7 Å². The van der Waals surface area contributed by atoms with E-state index in [9.17, 15) is 0 Å². The first-order valence-corrected chi connectivity index (χ1v) is 11.7. The Balaban J connectivity index is 1.71. The quantitative estimate of drug-likeness (QED) is 0.171. The number of rotatable bonds is 2. The van der Waals surface area contributed by atoms with E-state index in [1.54, 1.807) is 0 Å². The molecule has 0 spiro atoms. The Kier molecular flexibility index (Phi) is 4.05. The summed E-state index contributed by atoms with van der Waals surface area (Å²) in [5.74, 6) is 0.488. The van der Waals surface area contributed by atoms with Gasteiger partial charge in [0.25, 0.3) is 0 Å². The molecule has 2 nitrogen and oxygen atoms in total. The number of hydrogen-bond acceptors (Lipinski definition) is 2. The summed E-state index contributed by atoms with van der Waals surface area (Å²) in [6, 6.07) is 22.5. The first-order chi connectivity index (χ1) is 15.2. The molecule has 6 rings (SSSR count). The van der Waals surface area contributed by atoms with Gasteiger partial charge in [0.05, 0.1) is 11.2 Å². The molecule has 5 aromatic rings. The van der Waals surface area contributed by atoms with Gasteiger partial charge in [-0.3, -0.25) is 0 Å². The van der Waals surface area contributed by atoms with Gasteiger partial charge in [0, 0.05) is 0 Å². The van der Waals surface area contributed by atoms with Crippen molar-refractivity contribution in [3.8, 4) is 0 Å². The summed E-state index contributed by atoms with van der Waals surface area (Å²) in [4.78, 5) is 0. The van der Waals surface area contributed by atoms with E-state index in [-0.39, 0.29) is 18.3 Å². The molecule has 1 fully saturated rings. The average molecular weight is 420 g/mol. The standard InChI is InChI=1S/C29H29BO2/c1-17(2)18-13-14-22-23-15-16-25(30-31-28(3,4)29(5,6)32-30)24-12-8-11-21(27(23)24)20-10-7-9-19(18)26(20)22/h7-17H,1-6H3. The van der Waals surface area contributed by atoms with Crippen LogP contribution in [0.25, 0.3) is 43.1 Å². The summed E-state index contributed by atoms with van der Waals surface area (Å²) in [6.45, 7) is 13.0. The molecule has 0 N–H and O–H groups in total. The van der Waals surface area contributed by atoms with E-state index in [1.165, 1.54) is 48.7 Å². The lowest BCUT2D eigenvalue weighted by atomic mass is 9.74. The third-order valence-electron chi connectivity index (χ3n) is 7.86. The fourth-order valence-corrected chi connectivity index (χ4v) is 5.44. The van der Waals surface area contributed by atoms with Gasteiger partial charge in [-0.1, -0.05) is 74.5 Å². The van der Waals surface area contributed by atoms with Crippen LogP contribution in [0, 0.1) is 0 Å². The van der Waals surface area contributed by atoms with E-state index in [1.807, 2.05) is 0 Å². The minimum Gasteiger partial charge on any atom is -0.399 e. The van der Waals surface area contributed by atoms with Crippen LogP contribution in [0.2, 0.25) is 0 Å². The Bertz CT molecular complexity index is 1480. The molecule has 0 unspecified atom stereocenters. The zero-order chi connectivity index (χ0) is 22.4. The Morgan fingerprint density at radius 3 is 1.66 bits per heavy atom. The van der Waals surface area contributed by atoms with Gasteiger partial charge in [-0.25, -0.2) is 0 Å². The van der Waals surface area contributed by atoms with Crippen molar-refractivity contribution in [1.29, 1.82) is 0 Å². The summed E-state index contributed by atoms with van der Waals surface area (Å²) < 4.78 is 12.9. The van der Waals surface area contributed by atoms with E-state index in [0.717, 1.165) is 5.46 Å². The van der Waals surface area contributed by atoms with Gasteiger partial charge >= 0.3 is 7.12 Å². The molecule has 0 amide bonds. The molecule has 0 radical (unpaired) electrons. The molecule has 0 aliphatic carbocycles. The van der Waals surface area contributed by atoms with Gasteiger partial charge in [0.15, 0.2) is 0 Å². The molecule has 0 bridgehead atoms. The van der Waals surface area contributed by atoms with Gasteiger partial charge in [-0.05, 0) is 87.7 Å². The highest BCUT2D eigenvalue weighted by molar-refractivity contribution is 6.65. The van der Waals surface area contributed by atoms with E-state index in [4.69, 9.17) is 9.31 Å². The highest BCUT2D eigenvalue weighted by Gasteiger charge is 2.52. The molecule has 1 aliphatic rings. The fraction of sp³-hybridized carbons (Fsp3) is 0.310. The number of fused-ring (bicyclic) bond motifs is 2. The normalized spacial score (nSPS) is 18.2. The Morgan fingerprint density at radius 2 is 1.06 bits per heavy atom. The predicted octanol–water partition coefficient (Wildman–Crippen LogP) is 7.16. The maximum absolute atomic E-state index is 6.44. The first kappa shape index (κ1) is 20.0. The molecule has 0 atom stereocenters. The number of benzene rings is 5. The fourth-order valence-electron chi connectivity index (χ4n) is 5.44. The first-order valence-electron chi connectivity index (χ1n) is 11.7. The zero-order valence-corrected chi connectivity index (χ0v) is 19.7. The average Bonchev–Trinajstić information content (AvgIpc) is 2.97. The second-order valence-electron chi connectivity index (χ2n) is 10.6. The lowest BCUT2D eigenvalue weighted by Crippen LogP contribution is -2.41. The maximum atomic E-state index is 6.44. The summed E-state index contributed by atoms with van der Waals surface area (Å²) in [5, 5.41) is 10.5. The van der Waals surface area contributed by atoms with Gasteiger partial charge in [-0.2, -0.15) is 0 Å². The van der Waals surface area contributed by atoms with E-state index in [2.05, 4.69) is 102 Å². The van der Waals surface area contributed by atoms with Gasteiger partial charge in [0.2, 0.25) is 0 Å². The Labute approximate surface area is 190 Å². The topological polar surface area (TPSA) is 18.5 Å². The van der Waals surface area contributed by atoms with Gasteiger partial charge < -0.3 is 9.31 Å². The third-order valence-corrected chi connectivity index (χ3v) is 7.86. The van der Waals surface area contributed by atoms with Crippen LogP contribution in [-0.2, 0) is 9.31 Å². The van der Waals surface area contributed by atoms with Crippen LogP contribution in [0.5, 0.6) is 0 Å². The highest BCUT2D eigenvalue weighted by atomic mass is 16.7. The van der Waals surface area contributed by atoms with Gasteiger partial charge in [0.1, 0.15) is 0 Å². The monoisotopic (exact) mass is 420 g/mol. The zero-order valence-electron chi connectivity index (χ0n) is 19.7. The van der Waals surface area contributed by atoms with Crippen molar-refractivity contribution in [2.75, 3.05) is 0 Å². The molecule has 0 saturated carbocycles. The van der Waals surface area contributed by atoms with E-state index >= 15 is 0 Å². The van der Waals surface area contributed by atoms with Crippen LogP contribution in [0.4, 0.5) is 0 Å². The minimum absolute atomic E-state index is 0.358. The second kappa shape index (κ2) is 6.46. The summed E-state index contributed by atoms with van der Waals surface area (Å²) in [7, 11) is -0.371. The summed E-state index contributed by atoms with van der Waals surface area (Å²) >= 11 is 0. The molecule has 3 heteroatoms. The summed E-state index contributed by atoms with van der Waals surface area (Å²) in [5.41, 5.74) is 1.81. The molecule has 32 heavy (non-hydrogen) atoms. The van der Waals surface area contributed by atoms with Crippen LogP contribution < -0.4 is 5.46 Å². The van der Waals surface area contributed by atoms with Crippen molar-refractivity contribution in [2.24, 2.45) is 0 Å². The molecule has 1 heterocycles. The highest BCUT2D eigenvalue weighted by Crippen LogP contribution is 2.43. The van der Waals surface area contributed by atoms with Crippen molar-refractivity contribution in [1.82, 2.24) is 0 Å². The molecule has 5 aromatic carbocycles. The van der Waals surface area contributed by atoms with Crippen LogP contribution in [0.1, 0.15) is 53.0 Å². The second-order valence-corrected chi connectivity index (χ2v) is 10.6. The number of hydrogen-bond donors (Lipinski definition) is 0. The van der Waals surface area contributed by atoms with Crippen molar-refractivity contribution in [3.05, 3.63) is 66.2 Å². The van der Waals surface area contributed by atoms with Crippen molar-refractivity contribution < 1.29 is 9.31 Å². The SMILES string of the molecule is CC(C)c1ccc2c3ccc(B4OC(C)(C)C(C)(C)O4)c4cccc(c5cccc1c52)c43. The smallest absolute Gasteiger partial charge is 0.399 e. The van der Waals surface area contributed by atoms with Crippen molar-refractivity contribution >= 4 is 55.7 Å². The molecular weight excluding hydrogens is 391 g/mol. The van der Waals surface area contributed by atoms with Crippen molar-refractivity contribution in [3.63, 3.8) is 0 Å². The molecule has 160 valence electrons. The van der Waals surface area contributed by atoms with Crippen LogP contribution in [0.15, 0.2) is 60.7 Å². The Hall–Kier alpha value is -2.62. The molecule has 1 aliphatic heterocycles. The largest absolute Gasteiger partial charge is 0.495 e. The lowest BCUT2D eigenvalue weighted by molar-refractivity contribution is 0.00578. The lowest BCUT2D eigenvalue weighted by Gasteiger charge is -2.32. The van der Waals surface area contributed by atoms with E-state index in [0.29, 0.717) is 5.92 Å². The summed E-state index contributed by atoms with van der Waals surface area (Å²) in [6.07, 6.45) is 0. The Morgan fingerprint density at radius 1 is 0.594 bits per heavy atom. The molecule has 0 aromatic heterocycles. The molecule has 1 saturated heterocycles. The van der Waals surface area contributed by atoms with Gasteiger partial charge in [-0.15, -0.1) is 0 Å². The van der Waals surface area contributed by atoms with Crippen LogP contribution in [-0.4, -0.2) is 18.3 Å². The third kappa shape index (κ3) is 2.55. The minimum atomic E-state index is -0.371. The van der Waals surface area contributed by atoms with E-state index < -0.39 is 0 Å². The maximum Gasteiger partial charge on any atom is 0.495 e.